The Balaban J connectivity index is 0.00000484. The Morgan fingerprint density at radius 3 is 1.91 bits per heavy atom. The van der Waals surface area contributed by atoms with Gasteiger partial charge < -0.3 is 9.29 Å². The van der Waals surface area contributed by atoms with Crippen LogP contribution in [-0.4, -0.2) is 57.4 Å². The van der Waals surface area contributed by atoms with Crippen LogP contribution >= 0.6 is 10.3 Å². The second-order valence-electron chi connectivity index (χ2n) is 5.34. The Morgan fingerprint density at radius 2 is 1.48 bits per heavy atom. The van der Waals surface area contributed by atoms with Gasteiger partial charge >= 0.3 is 35.0 Å². The summed E-state index contributed by atoms with van der Waals surface area (Å²) in [6.07, 6.45) is 2.95. The van der Waals surface area contributed by atoms with Crippen molar-refractivity contribution < 1.29 is 18.9 Å². The lowest BCUT2D eigenvalue weighted by Crippen LogP contribution is -2.20. The molecular weight excluding hydrogens is 325 g/mol. The molecule has 0 atom stereocenters. The van der Waals surface area contributed by atoms with E-state index in [1.54, 1.807) is 12.1 Å². The second-order valence-corrected chi connectivity index (χ2v) is 8.66. The largest absolute Gasteiger partial charge is 0.478 e. The zero-order valence-corrected chi connectivity index (χ0v) is 14.4. The summed E-state index contributed by atoms with van der Waals surface area (Å²) in [6.45, 7) is 6.31. The van der Waals surface area contributed by atoms with Crippen LogP contribution in [-0.2, 0) is 4.18 Å². The van der Waals surface area contributed by atoms with E-state index in [-0.39, 0.29) is 28.6 Å². The summed E-state index contributed by atoms with van der Waals surface area (Å²) in [7, 11) is -1.42. The van der Waals surface area contributed by atoms with Crippen molar-refractivity contribution in [1.82, 2.24) is 0 Å². The molecule has 0 aliphatic carbocycles. The van der Waals surface area contributed by atoms with Crippen LogP contribution in [0.1, 0.15) is 60.7 Å². The Hall–Kier alpha value is -0.724. The normalized spacial score (nSPS) is 11.4. The third kappa shape index (κ3) is 6.73. The van der Waals surface area contributed by atoms with Crippen LogP contribution in [0.4, 0.5) is 0 Å². The first-order valence-corrected chi connectivity index (χ1v) is 9.88. The van der Waals surface area contributed by atoms with E-state index in [2.05, 4.69) is 20.8 Å². The number of carboxylic acids is 1. The van der Waals surface area contributed by atoms with Gasteiger partial charge in [-0.05, 0) is 37.5 Å². The molecule has 0 fully saturated rings. The molecule has 0 spiro atoms. The van der Waals surface area contributed by atoms with Crippen LogP contribution in [0.25, 0.3) is 0 Å². The number of carbonyl (C=O) groups excluding carboxylic acids is 1. The van der Waals surface area contributed by atoms with E-state index in [0.29, 0.717) is 5.56 Å². The van der Waals surface area contributed by atoms with E-state index in [4.69, 9.17) is 9.29 Å². The second kappa shape index (κ2) is 10.9. The van der Waals surface area contributed by atoms with Crippen molar-refractivity contribution >= 4 is 45.3 Å². The Bertz CT molecular complexity index is 502. The predicted molar refractivity (Wildman–Crippen MR) is 100 cm³/mol. The highest BCUT2D eigenvalue weighted by molar-refractivity contribution is 8.30. The minimum atomic E-state index is -1.42. The zero-order valence-electron chi connectivity index (χ0n) is 13.6. The van der Waals surface area contributed by atoms with Crippen LogP contribution in [0.5, 0.6) is 0 Å². The molecule has 0 amide bonds. The summed E-state index contributed by atoms with van der Waals surface area (Å²) in [5.74, 6) is 1.31. The minimum absolute atomic E-state index is 0. The third-order valence-electron chi connectivity index (χ3n) is 3.33. The SMILES string of the molecule is CCCS(CCC)(CCC)OC(=O)c1cccc(C(=O)O)c1.[MgH2]. The summed E-state index contributed by atoms with van der Waals surface area (Å²) in [6, 6.07) is 6.06. The van der Waals surface area contributed by atoms with E-state index in [1.165, 1.54) is 12.1 Å². The molecule has 0 radical (unpaired) electrons. The molecule has 6 heteroatoms. The predicted octanol–water partition coefficient (Wildman–Crippen LogP) is 3.58. The number of benzene rings is 1. The first kappa shape index (κ1) is 22.3. The number of aromatic carboxylic acids is 1. The Morgan fingerprint density at radius 1 is 1.00 bits per heavy atom. The number of hydrogen-bond donors (Lipinski definition) is 1. The number of carbonyl (C=O) groups is 2. The van der Waals surface area contributed by atoms with Crippen molar-refractivity contribution in [3.8, 4) is 0 Å². The van der Waals surface area contributed by atoms with Gasteiger partial charge in [0.25, 0.3) is 0 Å². The molecule has 1 aromatic rings. The molecule has 1 rings (SSSR count). The van der Waals surface area contributed by atoms with Gasteiger partial charge in [0.15, 0.2) is 0 Å². The van der Waals surface area contributed by atoms with Gasteiger partial charge in [0, 0.05) is 17.3 Å². The van der Waals surface area contributed by atoms with Crippen molar-refractivity contribution in [3.63, 3.8) is 0 Å². The number of rotatable bonds is 9. The molecule has 0 aliphatic heterocycles. The highest BCUT2D eigenvalue weighted by atomic mass is 32.3. The average Bonchev–Trinajstić information content (AvgIpc) is 2.48. The van der Waals surface area contributed by atoms with Crippen LogP contribution in [0, 0.1) is 0 Å². The minimum Gasteiger partial charge on any atom is -0.478 e. The number of hydrogen-bond acceptors (Lipinski definition) is 3. The molecule has 0 bridgehead atoms. The van der Waals surface area contributed by atoms with Gasteiger partial charge in [-0.15, -0.1) is 0 Å². The van der Waals surface area contributed by atoms with E-state index < -0.39 is 22.2 Å². The first-order chi connectivity index (χ1) is 10.5. The smallest absolute Gasteiger partial charge is 0.348 e. The summed E-state index contributed by atoms with van der Waals surface area (Å²) in [4.78, 5) is 23.5. The fourth-order valence-electron chi connectivity index (χ4n) is 2.54. The van der Waals surface area contributed by atoms with Gasteiger partial charge in [0.2, 0.25) is 0 Å². The standard InChI is InChI=1S/C17H26O4S.Mg.2H/c1-4-10-22(11-5-2,12-6-3)21-17(20)15-9-7-8-14(13-15)16(18)19;;;/h7-9,13H,4-6,10-12H2,1-3H3,(H,18,19);;;. The van der Waals surface area contributed by atoms with Crippen LogP contribution in [0.15, 0.2) is 24.3 Å². The summed E-state index contributed by atoms with van der Waals surface area (Å²) >= 11 is 0. The molecule has 0 saturated heterocycles. The highest BCUT2D eigenvalue weighted by Gasteiger charge is 2.27. The number of carboxylic acid groups (broad SMARTS) is 1. The molecule has 0 unspecified atom stereocenters. The van der Waals surface area contributed by atoms with Gasteiger partial charge in [0.1, 0.15) is 0 Å². The van der Waals surface area contributed by atoms with Crippen LogP contribution < -0.4 is 0 Å². The van der Waals surface area contributed by atoms with Gasteiger partial charge in [-0.3, -0.25) is 0 Å². The molecule has 0 saturated carbocycles. The zero-order chi connectivity index (χ0) is 16.6. The van der Waals surface area contributed by atoms with E-state index >= 15 is 0 Å². The maximum atomic E-state index is 12.5. The van der Waals surface area contributed by atoms with Gasteiger partial charge in [-0.1, -0.05) is 37.1 Å². The van der Waals surface area contributed by atoms with Crippen molar-refractivity contribution in [1.29, 1.82) is 0 Å². The Kier molecular flexibility index (Phi) is 10.6. The van der Waals surface area contributed by atoms with Gasteiger partial charge in [0.05, 0.1) is 11.1 Å². The van der Waals surface area contributed by atoms with Crippen molar-refractivity contribution in [3.05, 3.63) is 35.4 Å². The van der Waals surface area contributed by atoms with E-state index in [1.807, 2.05) is 0 Å². The van der Waals surface area contributed by atoms with E-state index in [9.17, 15) is 9.59 Å². The maximum Gasteiger partial charge on any atom is 0.348 e. The first-order valence-electron chi connectivity index (χ1n) is 7.81. The average molecular weight is 353 g/mol. The lowest BCUT2D eigenvalue weighted by atomic mass is 10.1. The lowest BCUT2D eigenvalue weighted by Gasteiger charge is -2.38. The molecule has 0 heterocycles. The summed E-state index contributed by atoms with van der Waals surface area (Å²) < 4.78 is 5.93. The maximum absolute atomic E-state index is 12.5. The van der Waals surface area contributed by atoms with Crippen molar-refractivity contribution in [2.24, 2.45) is 0 Å². The molecular formula is C17H28MgO4S. The molecule has 128 valence electrons. The molecule has 23 heavy (non-hydrogen) atoms. The van der Waals surface area contributed by atoms with Gasteiger partial charge in [-0.2, -0.15) is 0 Å². The third-order valence-corrected chi connectivity index (χ3v) is 7.29. The molecule has 4 nitrogen and oxygen atoms in total. The molecule has 1 N–H and O–H groups in total. The molecule has 0 aliphatic rings. The summed E-state index contributed by atoms with van der Waals surface area (Å²) in [5.41, 5.74) is 0.427. The molecule has 1 aromatic carbocycles. The van der Waals surface area contributed by atoms with Gasteiger partial charge in [-0.25, -0.2) is 9.59 Å². The van der Waals surface area contributed by atoms with Crippen molar-refractivity contribution in [2.45, 2.75) is 40.0 Å². The monoisotopic (exact) mass is 352 g/mol. The summed E-state index contributed by atoms with van der Waals surface area (Å²) in [5, 5.41) is 9.03. The van der Waals surface area contributed by atoms with Crippen molar-refractivity contribution in [2.75, 3.05) is 17.3 Å². The fourth-order valence-corrected chi connectivity index (χ4v) is 6.05. The van der Waals surface area contributed by atoms with E-state index in [0.717, 1.165) is 36.5 Å². The lowest BCUT2D eigenvalue weighted by molar-refractivity contribution is 0.0697. The van der Waals surface area contributed by atoms with Crippen LogP contribution in [0.3, 0.4) is 0 Å². The fraction of sp³-hybridized carbons (Fsp3) is 0.529. The molecule has 0 aromatic heterocycles. The Labute approximate surface area is 156 Å². The topological polar surface area (TPSA) is 63.6 Å². The quantitative estimate of drug-likeness (QED) is 0.690. The highest BCUT2D eigenvalue weighted by Crippen LogP contribution is 2.51. The van der Waals surface area contributed by atoms with Crippen LogP contribution in [0.2, 0.25) is 0 Å².